The third-order valence-electron chi connectivity index (χ3n) is 2.16. The summed E-state index contributed by atoms with van der Waals surface area (Å²) in [5.74, 6) is -0.937. The largest absolute Gasteiger partial charge is 0.264 e. The summed E-state index contributed by atoms with van der Waals surface area (Å²) in [6.07, 6.45) is 0. The van der Waals surface area contributed by atoms with Gasteiger partial charge in [0.15, 0.2) is 0 Å². The van der Waals surface area contributed by atoms with Gasteiger partial charge in [0.05, 0.1) is 10.0 Å². The molecule has 0 bridgehead atoms. The van der Waals surface area contributed by atoms with Crippen LogP contribution in [0.4, 0.5) is 10.2 Å². The van der Waals surface area contributed by atoms with Gasteiger partial charge in [-0.25, -0.2) is 13.4 Å². The molecule has 2 aromatic rings. The van der Waals surface area contributed by atoms with Gasteiger partial charge in [-0.15, -0.1) is 0 Å². The summed E-state index contributed by atoms with van der Waals surface area (Å²) >= 11 is 11.6. The minimum absolute atomic E-state index is 0.104. The predicted octanol–water partition coefficient (Wildman–Crippen LogP) is 3.33. The number of pyridine rings is 1. The Balaban J connectivity index is 2.41. The van der Waals surface area contributed by atoms with Crippen LogP contribution in [-0.4, -0.2) is 13.4 Å². The molecule has 0 aliphatic carbocycles. The monoisotopic (exact) mass is 320 g/mol. The van der Waals surface area contributed by atoms with Gasteiger partial charge in [0, 0.05) is 0 Å². The maximum absolute atomic E-state index is 12.9. The number of hydrogen-bond donors (Lipinski definition) is 1. The minimum atomic E-state index is -3.98. The fourth-order valence-electron chi connectivity index (χ4n) is 1.35. The highest BCUT2D eigenvalue weighted by molar-refractivity contribution is 7.92. The maximum Gasteiger partial charge on any atom is 0.264 e. The molecule has 8 heteroatoms. The standard InChI is InChI=1S/C11H7Cl2FN2O2S/c12-7-3-1-4-8(11(7)13)19(17,18)16-10-6-2-5-9(14)15-10/h1-6H,(H,15,16). The fourth-order valence-corrected chi connectivity index (χ4v) is 3.11. The van der Waals surface area contributed by atoms with Crippen LogP contribution in [0, 0.1) is 5.95 Å². The van der Waals surface area contributed by atoms with Crippen molar-refractivity contribution in [1.82, 2.24) is 4.98 Å². The van der Waals surface area contributed by atoms with Crippen LogP contribution in [0.25, 0.3) is 0 Å². The van der Waals surface area contributed by atoms with Gasteiger partial charge < -0.3 is 0 Å². The molecular weight excluding hydrogens is 314 g/mol. The Hall–Kier alpha value is -1.37. The van der Waals surface area contributed by atoms with Gasteiger partial charge in [0.25, 0.3) is 10.0 Å². The topological polar surface area (TPSA) is 59.1 Å². The van der Waals surface area contributed by atoms with Crippen LogP contribution >= 0.6 is 23.2 Å². The normalized spacial score (nSPS) is 11.3. The third-order valence-corrected chi connectivity index (χ3v) is 4.49. The van der Waals surface area contributed by atoms with E-state index in [4.69, 9.17) is 23.2 Å². The van der Waals surface area contributed by atoms with Crippen molar-refractivity contribution in [2.24, 2.45) is 0 Å². The zero-order valence-electron chi connectivity index (χ0n) is 9.27. The van der Waals surface area contributed by atoms with E-state index in [1.807, 2.05) is 0 Å². The van der Waals surface area contributed by atoms with Crippen molar-refractivity contribution < 1.29 is 12.8 Å². The molecule has 1 N–H and O–H groups in total. The number of aromatic nitrogens is 1. The van der Waals surface area contributed by atoms with E-state index in [2.05, 4.69) is 9.71 Å². The number of nitrogens with one attached hydrogen (secondary N) is 1. The molecule has 0 amide bonds. The molecule has 4 nitrogen and oxygen atoms in total. The molecule has 0 atom stereocenters. The molecule has 1 heterocycles. The van der Waals surface area contributed by atoms with Crippen molar-refractivity contribution in [3.05, 3.63) is 52.4 Å². The van der Waals surface area contributed by atoms with Crippen molar-refractivity contribution in [1.29, 1.82) is 0 Å². The van der Waals surface area contributed by atoms with Gasteiger partial charge in [-0.2, -0.15) is 4.39 Å². The molecule has 0 spiro atoms. The van der Waals surface area contributed by atoms with Crippen LogP contribution < -0.4 is 4.72 Å². The minimum Gasteiger partial charge on any atom is -0.263 e. The summed E-state index contributed by atoms with van der Waals surface area (Å²) in [6.45, 7) is 0. The first-order valence-electron chi connectivity index (χ1n) is 4.99. The zero-order valence-corrected chi connectivity index (χ0v) is 11.6. The van der Waals surface area contributed by atoms with Crippen LogP contribution in [0.5, 0.6) is 0 Å². The lowest BCUT2D eigenvalue weighted by molar-refractivity contribution is 0.584. The second-order valence-electron chi connectivity index (χ2n) is 3.50. The second kappa shape index (κ2) is 5.32. The van der Waals surface area contributed by atoms with Gasteiger partial charge in [-0.05, 0) is 24.3 Å². The van der Waals surface area contributed by atoms with Crippen molar-refractivity contribution >= 4 is 39.0 Å². The van der Waals surface area contributed by atoms with Crippen molar-refractivity contribution in [3.8, 4) is 0 Å². The number of hydrogen-bond acceptors (Lipinski definition) is 3. The van der Waals surface area contributed by atoms with E-state index in [0.717, 1.165) is 6.07 Å². The molecule has 0 saturated carbocycles. The first-order valence-corrected chi connectivity index (χ1v) is 7.23. The summed E-state index contributed by atoms with van der Waals surface area (Å²) < 4.78 is 39.2. The zero-order chi connectivity index (χ0) is 14.0. The van der Waals surface area contributed by atoms with E-state index < -0.39 is 16.0 Å². The number of halogens is 3. The van der Waals surface area contributed by atoms with Crippen molar-refractivity contribution in [3.63, 3.8) is 0 Å². The molecule has 1 aromatic carbocycles. The van der Waals surface area contributed by atoms with Gasteiger partial charge in [-0.1, -0.05) is 35.3 Å². The second-order valence-corrected chi connectivity index (χ2v) is 5.94. The summed E-state index contributed by atoms with van der Waals surface area (Å²) in [4.78, 5) is 3.20. The molecule has 0 unspecified atom stereocenters. The Morgan fingerprint density at radius 3 is 2.47 bits per heavy atom. The average Bonchev–Trinajstić information content (AvgIpc) is 2.32. The molecular formula is C11H7Cl2FN2O2S. The lowest BCUT2D eigenvalue weighted by Crippen LogP contribution is -2.14. The highest BCUT2D eigenvalue weighted by Gasteiger charge is 2.20. The number of nitrogens with zero attached hydrogens (tertiary/aromatic N) is 1. The first-order chi connectivity index (χ1) is 8.90. The van der Waals surface area contributed by atoms with Crippen LogP contribution in [-0.2, 0) is 10.0 Å². The number of anilines is 1. The Morgan fingerprint density at radius 2 is 1.79 bits per heavy atom. The van der Waals surface area contributed by atoms with Crippen LogP contribution in [0.3, 0.4) is 0 Å². The van der Waals surface area contributed by atoms with Gasteiger partial charge in [0.1, 0.15) is 10.7 Å². The van der Waals surface area contributed by atoms with Crippen LogP contribution in [0.15, 0.2) is 41.3 Å². The lowest BCUT2D eigenvalue weighted by Gasteiger charge is -2.09. The molecule has 100 valence electrons. The smallest absolute Gasteiger partial charge is 0.263 e. The molecule has 1 aromatic heterocycles. The summed E-state index contributed by atoms with van der Waals surface area (Å²) in [7, 11) is -3.98. The van der Waals surface area contributed by atoms with Crippen LogP contribution in [0.1, 0.15) is 0 Å². The predicted molar refractivity (Wildman–Crippen MR) is 71.5 cm³/mol. The average molecular weight is 321 g/mol. The SMILES string of the molecule is O=S(=O)(Nc1cccc(F)n1)c1cccc(Cl)c1Cl. The van der Waals surface area contributed by atoms with Gasteiger partial charge in [-0.3, -0.25) is 4.72 Å². The highest BCUT2D eigenvalue weighted by atomic mass is 35.5. The maximum atomic E-state index is 12.9. The molecule has 2 rings (SSSR count). The van der Waals surface area contributed by atoms with Crippen molar-refractivity contribution in [2.75, 3.05) is 4.72 Å². The molecule has 0 radical (unpaired) electrons. The molecule has 19 heavy (non-hydrogen) atoms. The van der Waals surface area contributed by atoms with Crippen LogP contribution in [0.2, 0.25) is 10.0 Å². The van der Waals surface area contributed by atoms with Crippen molar-refractivity contribution in [2.45, 2.75) is 4.90 Å². The van der Waals surface area contributed by atoms with Gasteiger partial charge >= 0.3 is 0 Å². The molecule has 0 aliphatic heterocycles. The molecule has 0 saturated heterocycles. The summed E-state index contributed by atoms with van der Waals surface area (Å²) in [6, 6.07) is 7.95. The molecule has 0 fully saturated rings. The van der Waals surface area contributed by atoms with E-state index in [1.165, 1.54) is 30.3 Å². The van der Waals surface area contributed by atoms with E-state index >= 15 is 0 Å². The Bertz CT molecular complexity index is 722. The Labute approximate surface area is 119 Å². The van der Waals surface area contributed by atoms with Gasteiger partial charge in [0.2, 0.25) is 5.95 Å². The number of sulfonamides is 1. The molecule has 0 aliphatic rings. The van der Waals surface area contributed by atoms with E-state index in [1.54, 1.807) is 0 Å². The Kier molecular flexibility index (Phi) is 3.93. The summed E-state index contributed by atoms with van der Waals surface area (Å²) in [5.41, 5.74) is 0. The highest BCUT2D eigenvalue weighted by Crippen LogP contribution is 2.29. The first kappa shape index (κ1) is 14.0. The van der Waals surface area contributed by atoms with E-state index in [9.17, 15) is 12.8 Å². The summed E-state index contributed by atoms with van der Waals surface area (Å²) in [5, 5.41) is 0.00446. The lowest BCUT2D eigenvalue weighted by atomic mass is 10.4. The van der Waals surface area contributed by atoms with E-state index in [-0.39, 0.29) is 20.8 Å². The number of rotatable bonds is 3. The fraction of sp³-hybridized carbons (Fsp3) is 0. The van der Waals surface area contributed by atoms with E-state index in [0.29, 0.717) is 0 Å². The quantitative estimate of drug-likeness (QED) is 0.882. The Morgan fingerprint density at radius 1 is 1.11 bits per heavy atom. The number of benzene rings is 1. The third kappa shape index (κ3) is 3.15.